The monoisotopic (exact) mass is 372 g/mol. The van der Waals surface area contributed by atoms with E-state index in [-0.39, 0.29) is 18.7 Å². The molecule has 0 saturated heterocycles. The number of carbonyl (C=O) groups is 1. The minimum atomic E-state index is -0.165. The third-order valence-electron chi connectivity index (χ3n) is 4.15. The predicted molar refractivity (Wildman–Crippen MR) is 102 cm³/mol. The molecule has 0 spiro atoms. The van der Waals surface area contributed by atoms with Gasteiger partial charge in [-0.15, -0.1) is 0 Å². The van der Waals surface area contributed by atoms with Gasteiger partial charge in [0, 0.05) is 12.6 Å². The number of benzene rings is 2. The van der Waals surface area contributed by atoms with Gasteiger partial charge < -0.3 is 19.7 Å². The van der Waals surface area contributed by atoms with Crippen LogP contribution in [0, 0.1) is 0 Å². The van der Waals surface area contributed by atoms with Gasteiger partial charge in [-0.25, -0.2) is 0 Å². The molecule has 1 amide bonds. The molecule has 2 aromatic rings. The number of nitrogens with zero attached hydrogens (tertiary/aromatic N) is 1. The second kappa shape index (κ2) is 8.25. The van der Waals surface area contributed by atoms with E-state index < -0.39 is 0 Å². The van der Waals surface area contributed by atoms with Crippen molar-refractivity contribution in [1.82, 2.24) is 10.2 Å². The lowest BCUT2D eigenvalue weighted by Gasteiger charge is -2.24. The summed E-state index contributed by atoms with van der Waals surface area (Å²) < 4.78 is 10.6. The summed E-state index contributed by atoms with van der Waals surface area (Å²) in [5, 5.41) is 3.41. The molecule has 1 unspecified atom stereocenters. The number of rotatable bonds is 6. The van der Waals surface area contributed by atoms with E-state index in [9.17, 15) is 4.79 Å². The van der Waals surface area contributed by atoms with Crippen molar-refractivity contribution in [2.24, 2.45) is 0 Å². The van der Waals surface area contributed by atoms with Crippen molar-refractivity contribution in [2.75, 3.05) is 27.4 Å². The third kappa shape index (κ3) is 4.36. The number of halogens is 1. The fourth-order valence-corrected chi connectivity index (χ4v) is 3.06. The van der Waals surface area contributed by atoms with Gasteiger partial charge in [0.05, 0.1) is 11.1 Å². The Morgan fingerprint density at radius 3 is 2.77 bits per heavy atom. The number of fused-ring (bicyclic) bond motifs is 1. The molecule has 0 bridgehead atoms. The highest BCUT2D eigenvalue weighted by Crippen LogP contribution is 2.40. The number of hydrogen-bond acceptors (Lipinski definition) is 4. The largest absolute Gasteiger partial charge is 0.454 e. The lowest BCUT2D eigenvalue weighted by molar-refractivity contribution is -0.116. The maximum absolute atomic E-state index is 12.2. The van der Waals surface area contributed by atoms with E-state index in [1.165, 1.54) is 6.08 Å². The highest BCUT2D eigenvalue weighted by molar-refractivity contribution is 6.32. The zero-order chi connectivity index (χ0) is 18.5. The molecular formula is C20H21ClN2O3. The Morgan fingerprint density at radius 2 is 2.04 bits per heavy atom. The van der Waals surface area contributed by atoms with Crippen molar-refractivity contribution >= 4 is 23.6 Å². The molecule has 5 nitrogen and oxygen atoms in total. The van der Waals surface area contributed by atoms with Gasteiger partial charge in [-0.1, -0.05) is 41.9 Å². The van der Waals surface area contributed by atoms with Gasteiger partial charge in [0.25, 0.3) is 0 Å². The van der Waals surface area contributed by atoms with Crippen LogP contribution in [0.1, 0.15) is 17.2 Å². The number of nitrogens with one attached hydrogen (secondary N) is 1. The number of carbonyl (C=O) groups excluding carboxylic acids is 1. The van der Waals surface area contributed by atoms with Crippen LogP contribution in [0.25, 0.3) is 6.08 Å². The van der Waals surface area contributed by atoms with Crippen LogP contribution in [0.5, 0.6) is 11.5 Å². The summed E-state index contributed by atoms with van der Waals surface area (Å²) >= 11 is 6.15. The van der Waals surface area contributed by atoms with Crippen molar-refractivity contribution in [2.45, 2.75) is 6.04 Å². The molecule has 136 valence electrons. The van der Waals surface area contributed by atoms with Gasteiger partial charge in [0.2, 0.25) is 12.7 Å². The van der Waals surface area contributed by atoms with Gasteiger partial charge in [0.15, 0.2) is 11.5 Å². The van der Waals surface area contributed by atoms with Crippen LogP contribution in [0.2, 0.25) is 5.02 Å². The van der Waals surface area contributed by atoms with Gasteiger partial charge in [-0.2, -0.15) is 0 Å². The van der Waals surface area contributed by atoms with Crippen LogP contribution in [-0.4, -0.2) is 38.2 Å². The molecule has 1 N–H and O–H groups in total. The minimum Gasteiger partial charge on any atom is -0.454 e. The molecule has 6 heteroatoms. The molecule has 0 fully saturated rings. The van der Waals surface area contributed by atoms with Crippen LogP contribution < -0.4 is 14.8 Å². The van der Waals surface area contributed by atoms with Crippen LogP contribution in [-0.2, 0) is 4.79 Å². The van der Waals surface area contributed by atoms with Crippen LogP contribution in [0.4, 0.5) is 0 Å². The lowest BCUT2D eigenvalue weighted by Crippen LogP contribution is -2.33. The molecule has 1 atom stereocenters. The molecule has 1 aliphatic rings. The Kier molecular flexibility index (Phi) is 5.81. The Hall–Kier alpha value is -2.50. The topological polar surface area (TPSA) is 50.8 Å². The Bertz CT molecular complexity index is 806. The third-order valence-corrected chi connectivity index (χ3v) is 4.43. The maximum atomic E-state index is 12.2. The van der Waals surface area contributed by atoms with Crippen molar-refractivity contribution < 1.29 is 14.3 Å². The van der Waals surface area contributed by atoms with Gasteiger partial charge in [0.1, 0.15) is 0 Å². The average molecular weight is 373 g/mol. The fraction of sp³-hybridized carbons (Fsp3) is 0.250. The first-order chi connectivity index (χ1) is 12.5. The maximum Gasteiger partial charge on any atom is 0.244 e. The smallest absolute Gasteiger partial charge is 0.244 e. The van der Waals surface area contributed by atoms with E-state index >= 15 is 0 Å². The number of amides is 1. The van der Waals surface area contributed by atoms with Gasteiger partial charge in [-0.05, 0) is 43.4 Å². The normalized spacial score (nSPS) is 14.0. The Morgan fingerprint density at radius 1 is 1.27 bits per heavy atom. The van der Waals surface area contributed by atoms with E-state index in [1.807, 2.05) is 32.3 Å². The first kappa shape index (κ1) is 18.3. The summed E-state index contributed by atoms with van der Waals surface area (Å²) in [4.78, 5) is 14.3. The average Bonchev–Trinajstić information content (AvgIpc) is 3.10. The summed E-state index contributed by atoms with van der Waals surface area (Å²) in [6, 6.07) is 13.7. The zero-order valence-electron chi connectivity index (χ0n) is 14.7. The summed E-state index contributed by atoms with van der Waals surface area (Å²) in [6.07, 6.45) is 3.20. The van der Waals surface area contributed by atoms with Crippen molar-refractivity contribution in [3.63, 3.8) is 0 Å². The molecule has 1 heterocycles. The molecule has 26 heavy (non-hydrogen) atoms. The summed E-state index contributed by atoms with van der Waals surface area (Å²) in [7, 11) is 3.99. The Labute approximate surface area is 158 Å². The summed E-state index contributed by atoms with van der Waals surface area (Å²) in [6.45, 7) is 0.677. The predicted octanol–water partition coefficient (Wildman–Crippen LogP) is 3.50. The minimum absolute atomic E-state index is 0.105. The first-order valence-corrected chi connectivity index (χ1v) is 8.69. The summed E-state index contributed by atoms with van der Waals surface area (Å²) in [5.74, 6) is 0.973. The highest BCUT2D eigenvalue weighted by Gasteiger charge is 2.18. The zero-order valence-corrected chi connectivity index (χ0v) is 15.5. The van der Waals surface area contributed by atoms with Crippen molar-refractivity contribution in [1.29, 1.82) is 0 Å². The number of ether oxygens (including phenoxy) is 2. The van der Waals surface area contributed by atoms with Crippen LogP contribution in [0.15, 0.2) is 48.5 Å². The molecule has 0 saturated carbocycles. The highest BCUT2D eigenvalue weighted by atomic mass is 35.5. The molecule has 0 radical (unpaired) electrons. The van der Waals surface area contributed by atoms with Crippen LogP contribution >= 0.6 is 11.6 Å². The lowest BCUT2D eigenvalue weighted by atomic mass is 10.1. The van der Waals surface area contributed by atoms with Crippen molar-refractivity contribution in [3.05, 3.63) is 64.7 Å². The van der Waals surface area contributed by atoms with E-state index in [0.717, 1.165) is 11.1 Å². The quantitative estimate of drug-likeness (QED) is 0.788. The standard InChI is InChI=1S/C20H21ClN2O3/c1-23(2)17(15-6-4-3-5-7-15)12-22-19(24)9-8-14-10-16(21)20-18(11-14)25-13-26-20/h3-11,17H,12-13H2,1-2H3,(H,22,24)/b9-8+. The second-order valence-corrected chi connectivity index (χ2v) is 6.61. The van der Waals surface area contributed by atoms with Crippen LogP contribution in [0.3, 0.4) is 0 Å². The molecule has 1 aliphatic heterocycles. The summed E-state index contributed by atoms with van der Waals surface area (Å²) in [5.41, 5.74) is 1.94. The van der Waals surface area contributed by atoms with Crippen molar-refractivity contribution in [3.8, 4) is 11.5 Å². The first-order valence-electron chi connectivity index (χ1n) is 8.31. The van der Waals surface area contributed by atoms with E-state index in [4.69, 9.17) is 21.1 Å². The van der Waals surface area contributed by atoms with E-state index in [2.05, 4.69) is 22.3 Å². The molecule has 0 aromatic heterocycles. The molecule has 3 rings (SSSR count). The second-order valence-electron chi connectivity index (χ2n) is 6.21. The molecule has 0 aliphatic carbocycles. The van der Waals surface area contributed by atoms with E-state index in [0.29, 0.717) is 23.1 Å². The van der Waals surface area contributed by atoms with E-state index in [1.54, 1.807) is 18.2 Å². The van der Waals surface area contributed by atoms with Gasteiger partial charge >= 0.3 is 0 Å². The molecule has 2 aromatic carbocycles. The Balaban J connectivity index is 1.62. The molecular weight excluding hydrogens is 352 g/mol. The SMILES string of the molecule is CN(C)C(CNC(=O)/C=C/c1cc(Cl)c2c(c1)OCO2)c1ccccc1. The number of hydrogen-bond donors (Lipinski definition) is 1. The number of likely N-dealkylation sites (N-methyl/N-ethyl adjacent to an activating group) is 1. The fourth-order valence-electron chi connectivity index (χ4n) is 2.79. The van der Waals surface area contributed by atoms with Gasteiger partial charge in [-0.3, -0.25) is 4.79 Å².